The molecule has 6 heteroatoms. The number of hydrogen-bond donors (Lipinski definition) is 1. The topological polar surface area (TPSA) is 63.2 Å². The fourth-order valence-electron chi connectivity index (χ4n) is 2.70. The van der Waals surface area contributed by atoms with E-state index in [2.05, 4.69) is 39.0 Å². The number of hydrogen-bond acceptors (Lipinski definition) is 6. The Hall–Kier alpha value is -2.05. The monoisotopic (exact) mass is 313 g/mol. The predicted molar refractivity (Wildman–Crippen MR) is 89.0 cm³/mol. The molecule has 0 aliphatic carbocycles. The van der Waals surface area contributed by atoms with Crippen molar-refractivity contribution in [2.75, 3.05) is 25.1 Å². The number of nitrogens with zero attached hydrogens (tertiary/aromatic N) is 4. The average Bonchev–Trinajstić information content (AvgIpc) is 2.56. The highest BCUT2D eigenvalue weighted by molar-refractivity contribution is 5.34. The number of anilines is 1. The van der Waals surface area contributed by atoms with Crippen LogP contribution in [0.5, 0.6) is 0 Å². The van der Waals surface area contributed by atoms with Crippen LogP contribution in [-0.2, 0) is 11.3 Å². The second-order valence-electron chi connectivity index (χ2n) is 6.02. The molecule has 1 N–H and O–H groups in total. The van der Waals surface area contributed by atoms with Crippen molar-refractivity contribution in [3.8, 4) is 0 Å². The second kappa shape index (κ2) is 7.48. The Morgan fingerprint density at radius 3 is 2.87 bits per heavy atom. The smallest absolute Gasteiger partial charge is 0.150 e. The summed E-state index contributed by atoms with van der Waals surface area (Å²) >= 11 is 0. The van der Waals surface area contributed by atoms with Gasteiger partial charge in [0.2, 0.25) is 0 Å². The van der Waals surface area contributed by atoms with Gasteiger partial charge in [0.15, 0.2) is 0 Å². The largest absolute Gasteiger partial charge is 0.378 e. The zero-order chi connectivity index (χ0) is 16.1. The average molecular weight is 313 g/mol. The summed E-state index contributed by atoms with van der Waals surface area (Å²) in [4.78, 5) is 15.6. The van der Waals surface area contributed by atoms with E-state index in [0.29, 0.717) is 12.6 Å². The highest BCUT2D eigenvalue weighted by Gasteiger charge is 2.27. The summed E-state index contributed by atoms with van der Waals surface area (Å²) < 4.78 is 5.67. The molecule has 3 rings (SSSR count). The molecule has 0 amide bonds. The Kier molecular flexibility index (Phi) is 5.15. The van der Waals surface area contributed by atoms with Gasteiger partial charge in [-0.15, -0.1) is 0 Å². The molecule has 1 saturated heterocycles. The minimum absolute atomic E-state index is 0.0748. The Morgan fingerprint density at radius 1 is 1.26 bits per heavy atom. The van der Waals surface area contributed by atoms with E-state index in [-0.39, 0.29) is 6.04 Å². The van der Waals surface area contributed by atoms with Gasteiger partial charge >= 0.3 is 0 Å². The zero-order valence-electron chi connectivity index (χ0n) is 13.6. The van der Waals surface area contributed by atoms with Crippen LogP contribution in [0, 0.1) is 0 Å². The van der Waals surface area contributed by atoms with Gasteiger partial charge in [-0.1, -0.05) is 0 Å². The fourth-order valence-corrected chi connectivity index (χ4v) is 2.70. The van der Waals surface area contributed by atoms with Crippen LogP contribution in [-0.4, -0.2) is 45.7 Å². The van der Waals surface area contributed by atoms with Gasteiger partial charge in [0.05, 0.1) is 19.3 Å². The third-order valence-electron chi connectivity index (χ3n) is 3.78. The number of rotatable bonds is 5. The lowest BCUT2D eigenvalue weighted by atomic mass is 10.1. The Bertz CT molecular complexity index is 619. The molecule has 2 aromatic rings. The van der Waals surface area contributed by atoms with Gasteiger partial charge in [-0.25, -0.2) is 9.97 Å². The van der Waals surface area contributed by atoms with Gasteiger partial charge in [-0.2, -0.15) is 0 Å². The number of pyridine rings is 1. The number of morpholine rings is 1. The van der Waals surface area contributed by atoms with E-state index < -0.39 is 0 Å². The van der Waals surface area contributed by atoms with Crippen molar-refractivity contribution >= 4 is 5.82 Å². The summed E-state index contributed by atoms with van der Waals surface area (Å²) in [5.74, 6) is 1.67. The Morgan fingerprint density at radius 2 is 2.09 bits per heavy atom. The molecule has 0 spiro atoms. The Balaban J connectivity index is 1.78. The third kappa shape index (κ3) is 4.24. The minimum atomic E-state index is 0.0748. The van der Waals surface area contributed by atoms with Gasteiger partial charge in [0.25, 0.3) is 0 Å². The highest BCUT2D eigenvalue weighted by atomic mass is 16.5. The molecule has 1 aliphatic heterocycles. The first-order valence-corrected chi connectivity index (χ1v) is 8.02. The fraction of sp³-hybridized carbons (Fsp3) is 0.471. The van der Waals surface area contributed by atoms with Gasteiger partial charge in [0, 0.05) is 37.7 Å². The van der Waals surface area contributed by atoms with Crippen LogP contribution in [0.2, 0.25) is 0 Å². The molecule has 6 nitrogen and oxygen atoms in total. The molecule has 1 atom stereocenters. The van der Waals surface area contributed by atoms with Crippen molar-refractivity contribution in [2.45, 2.75) is 32.5 Å². The third-order valence-corrected chi connectivity index (χ3v) is 3.78. The SMILES string of the molecule is CC(C)Nc1ccnc([C@@H]2COCCN2Cc2ccncc2)n1. The van der Waals surface area contributed by atoms with Crippen molar-refractivity contribution in [1.82, 2.24) is 19.9 Å². The summed E-state index contributed by atoms with van der Waals surface area (Å²) in [6.45, 7) is 7.28. The van der Waals surface area contributed by atoms with E-state index >= 15 is 0 Å². The second-order valence-corrected chi connectivity index (χ2v) is 6.02. The van der Waals surface area contributed by atoms with E-state index in [1.54, 1.807) is 0 Å². The highest BCUT2D eigenvalue weighted by Crippen LogP contribution is 2.24. The number of aromatic nitrogens is 3. The first-order chi connectivity index (χ1) is 11.2. The van der Waals surface area contributed by atoms with Crippen LogP contribution in [0.4, 0.5) is 5.82 Å². The predicted octanol–water partition coefficient (Wildman–Crippen LogP) is 2.27. The lowest BCUT2D eigenvalue weighted by Crippen LogP contribution is -2.39. The van der Waals surface area contributed by atoms with Crippen molar-refractivity contribution < 1.29 is 4.74 Å². The maximum absolute atomic E-state index is 5.67. The van der Waals surface area contributed by atoms with Crippen LogP contribution >= 0.6 is 0 Å². The van der Waals surface area contributed by atoms with E-state index in [4.69, 9.17) is 4.74 Å². The van der Waals surface area contributed by atoms with Crippen LogP contribution in [0.3, 0.4) is 0 Å². The molecule has 1 aliphatic rings. The minimum Gasteiger partial charge on any atom is -0.378 e. The Labute approximate surface area is 136 Å². The molecule has 122 valence electrons. The molecule has 1 fully saturated rings. The van der Waals surface area contributed by atoms with Crippen molar-refractivity contribution in [3.05, 3.63) is 48.2 Å². The molecule has 3 heterocycles. The lowest BCUT2D eigenvalue weighted by Gasteiger charge is -2.34. The molecule has 0 aromatic carbocycles. The number of nitrogens with one attached hydrogen (secondary N) is 1. The van der Waals surface area contributed by atoms with E-state index in [0.717, 1.165) is 31.3 Å². The molecule has 2 aromatic heterocycles. The van der Waals surface area contributed by atoms with Crippen molar-refractivity contribution in [1.29, 1.82) is 0 Å². The summed E-state index contributed by atoms with van der Waals surface area (Å²) in [6, 6.07) is 6.41. The van der Waals surface area contributed by atoms with E-state index in [1.807, 2.05) is 36.8 Å². The molecular weight excluding hydrogens is 290 g/mol. The molecule has 23 heavy (non-hydrogen) atoms. The summed E-state index contributed by atoms with van der Waals surface area (Å²) in [7, 11) is 0. The van der Waals surface area contributed by atoms with Crippen LogP contribution < -0.4 is 5.32 Å². The van der Waals surface area contributed by atoms with Crippen LogP contribution in [0.1, 0.15) is 31.3 Å². The van der Waals surface area contributed by atoms with E-state index in [9.17, 15) is 0 Å². The van der Waals surface area contributed by atoms with Crippen molar-refractivity contribution in [2.24, 2.45) is 0 Å². The lowest BCUT2D eigenvalue weighted by molar-refractivity contribution is -0.0159. The quantitative estimate of drug-likeness (QED) is 0.913. The molecule has 0 unspecified atom stereocenters. The van der Waals surface area contributed by atoms with Gasteiger partial charge in [-0.05, 0) is 37.6 Å². The normalized spacial score (nSPS) is 19.0. The van der Waals surface area contributed by atoms with Gasteiger partial charge in [-0.3, -0.25) is 9.88 Å². The summed E-state index contributed by atoms with van der Waals surface area (Å²) in [5, 5.41) is 3.33. The number of ether oxygens (including phenoxy) is 1. The molecule has 0 saturated carbocycles. The standard InChI is InChI=1S/C17H23N5O/c1-13(2)20-16-5-8-19-17(21-16)15-12-23-10-9-22(15)11-14-3-6-18-7-4-14/h3-8,13,15H,9-12H2,1-2H3,(H,19,20,21)/t15-/m0/s1. The first-order valence-electron chi connectivity index (χ1n) is 8.02. The van der Waals surface area contributed by atoms with Crippen molar-refractivity contribution in [3.63, 3.8) is 0 Å². The van der Waals surface area contributed by atoms with Gasteiger partial charge < -0.3 is 10.1 Å². The molecule has 0 radical (unpaired) electrons. The maximum atomic E-state index is 5.67. The van der Waals surface area contributed by atoms with E-state index in [1.165, 1.54) is 5.56 Å². The summed E-state index contributed by atoms with van der Waals surface area (Å²) in [5.41, 5.74) is 1.24. The van der Waals surface area contributed by atoms with Crippen LogP contribution in [0.25, 0.3) is 0 Å². The molecule has 0 bridgehead atoms. The van der Waals surface area contributed by atoms with Gasteiger partial charge in [0.1, 0.15) is 11.6 Å². The summed E-state index contributed by atoms with van der Waals surface area (Å²) in [6.07, 6.45) is 5.47. The molecular formula is C17H23N5O. The van der Waals surface area contributed by atoms with Crippen LogP contribution in [0.15, 0.2) is 36.8 Å². The maximum Gasteiger partial charge on any atom is 0.150 e. The zero-order valence-corrected chi connectivity index (χ0v) is 13.6. The first kappa shape index (κ1) is 15.8.